The lowest BCUT2D eigenvalue weighted by Gasteiger charge is -2.19. The van der Waals surface area contributed by atoms with Crippen LogP contribution in [0.4, 0.5) is 16.2 Å². The Hall–Kier alpha value is -3.78. The van der Waals surface area contributed by atoms with E-state index in [1.165, 1.54) is 7.11 Å². The van der Waals surface area contributed by atoms with Gasteiger partial charge in [0.1, 0.15) is 11.7 Å². The zero-order valence-corrected chi connectivity index (χ0v) is 19.2. The fourth-order valence-corrected chi connectivity index (χ4v) is 3.32. The monoisotopic (exact) mass is 468 g/mol. The lowest BCUT2D eigenvalue weighted by molar-refractivity contribution is -0.144. The number of benzene rings is 2. The first-order valence-electron chi connectivity index (χ1n) is 10.3. The lowest BCUT2D eigenvalue weighted by Crippen LogP contribution is -2.45. The van der Waals surface area contributed by atoms with Gasteiger partial charge in [-0.2, -0.15) is 0 Å². The molecular weight excluding hydrogens is 444 g/mol. The average molecular weight is 469 g/mol. The number of rotatable bonds is 7. The molecule has 2 aromatic carbocycles. The summed E-state index contributed by atoms with van der Waals surface area (Å²) in [5, 5.41) is 8.68. The molecule has 4 N–H and O–H groups in total. The van der Waals surface area contributed by atoms with E-state index < -0.39 is 23.9 Å². The molecule has 3 aromatic rings. The highest BCUT2D eigenvalue weighted by Crippen LogP contribution is 2.22. The van der Waals surface area contributed by atoms with Gasteiger partial charge in [0.25, 0.3) is 5.91 Å². The zero-order valence-electron chi connectivity index (χ0n) is 18.4. The molecule has 1 heterocycles. The van der Waals surface area contributed by atoms with E-state index in [2.05, 4.69) is 20.9 Å². The number of aromatic nitrogens is 1. The number of methoxy groups -OCH3 is 1. The third-order valence-corrected chi connectivity index (χ3v) is 5.11. The van der Waals surface area contributed by atoms with Crippen LogP contribution in [0, 0.1) is 5.92 Å². The lowest BCUT2D eigenvalue weighted by atomic mass is 10.0. The summed E-state index contributed by atoms with van der Waals surface area (Å²) in [6.45, 7) is 3.65. The van der Waals surface area contributed by atoms with Crippen LogP contribution in [0.2, 0.25) is 5.02 Å². The molecule has 0 bridgehead atoms. The summed E-state index contributed by atoms with van der Waals surface area (Å²) in [4.78, 5) is 39.7. The Bertz CT molecular complexity index is 1140. The molecule has 0 spiro atoms. The molecule has 172 valence electrons. The van der Waals surface area contributed by atoms with Gasteiger partial charge < -0.3 is 25.7 Å². The zero-order chi connectivity index (χ0) is 24.0. The van der Waals surface area contributed by atoms with Crippen LogP contribution in [0.25, 0.3) is 11.3 Å². The van der Waals surface area contributed by atoms with Crippen LogP contribution >= 0.6 is 11.6 Å². The van der Waals surface area contributed by atoms with Gasteiger partial charge in [0.05, 0.1) is 7.11 Å². The van der Waals surface area contributed by atoms with Crippen LogP contribution < -0.4 is 16.0 Å². The largest absolute Gasteiger partial charge is 0.467 e. The minimum Gasteiger partial charge on any atom is -0.467 e. The number of hydrogen-bond donors (Lipinski definition) is 4. The fourth-order valence-electron chi connectivity index (χ4n) is 3.13. The molecule has 1 unspecified atom stereocenters. The number of aromatic amines is 1. The highest BCUT2D eigenvalue weighted by atomic mass is 35.5. The molecule has 8 nitrogen and oxygen atoms in total. The number of hydrogen-bond acceptors (Lipinski definition) is 4. The van der Waals surface area contributed by atoms with Crippen molar-refractivity contribution < 1.29 is 19.1 Å². The second kappa shape index (κ2) is 10.7. The summed E-state index contributed by atoms with van der Waals surface area (Å²) in [6.07, 6.45) is 0. The minimum absolute atomic E-state index is 0.119. The highest BCUT2D eigenvalue weighted by Gasteiger charge is 2.25. The highest BCUT2D eigenvalue weighted by molar-refractivity contribution is 6.30. The van der Waals surface area contributed by atoms with Crippen molar-refractivity contribution in [1.82, 2.24) is 10.3 Å². The molecule has 0 aliphatic heterocycles. The maximum Gasteiger partial charge on any atom is 0.328 e. The van der Waals surface area contributed by atoms with Crippen molar-refractivity contribution in [1.29, 1.82) is 0 Å². The molecule has 0 fully saturated rings. The van der Waals surface area contributed by atoms with Gasteiger partial charge in [-0.15, -0.1) is 0 Å². The third kappa shape index (κ3) is 6.36. The number of halogens is 1. The van der Waals surface area contributed by atoms with Gasteiger partial charge in [-0.3, -0.25) is 4.79 Å². The minimum atomic E-state index is -0.738. The molecule has 0 saturated heterocycles. The Morgan fingerprint density at radius 3 is 2.27 bits per heavy atom. The van der Waals surface area contributed by atoms with Gasteiger partial charge in [-0.1, -0.05) is 43.6 Å². The fraction of sp³-hybridized carbons (Fsp3) is 0.208. The maximum absolute atomic E-state index is 12.6. The van der Waals surface area contributed by atoms with Crippen molar-refractivity contribution in [2.45, 2.75) is 19.9 Å². The summed E-state index contributed by atoms with van der Waals surface area (Å²) in [5.74, 6) is -1.01. The SMILES string of the molecule is COC(=O)C(NC(=O)c1ccc(-c2ccc(NC(=O)Nc3cccc(Cl)c3)cc2)[nH]1)C(C)C. The summed E-state index contributed by atoms with van der Waals surface area (Å²) >= 11 is 5.92. The Morgan fingerprint density at radius 1 is 0.939 bits per heavy atom. The summed E-state index contributed by atoms with van der Waals surface area (Å²) in [6, 6.07) is 16.3. The van der Waals surface area contributed by atoms with Gasteiger partial charge in [-0.25, -0.2) is 9.59 Å². The summed E-state index contributed by atoms with van der Waals surface area (Å²) in [5.41, 5.74) is 3.04. The van der Waals surface area contributed by atoms with Crippen LogP contribution in [0.15, 0.2) is 60.7 Å². The first-order chi connectivity index (χ1) is 15.8. The number of anilines is 2. The smallest absolute Gasteiger partial charge is 0.328 e. The molecule has 9 heteroatoms. The molecule has 1 atom stereocenters. The van der Waals surface area contributed by atoms with Crippen LogP contribution in [0.1, 0.15) is 24.3 Å². The van der Waals surface area contributed by atoms with Crippen molar-refractivity contribution in [2.75, 3.05) is 17.7 Å². The van der Waals surface area contributed by atoms with Gasteiger partial charge in [0.2, 0.25) is 0 Å². The van der Waals surface area contributed by atoms with Crippen molar-refractivity contribution in [3.63, 3.8) is 0 Å². The van der Waals surface area contributed by atoms with E-state index in [9.17, 15) is 14.4 Å². The van der Waals surface area contributed by atoms with Crippen molar-refractivity contribution in [3.8, 4) is 11.3 Å². The number of esters is 1. The van der Waals surface area contributed by atoms with E-state index in [4.69, 9.17) is 16.3 Å². The number of carbonyl (C=O) groups excluding carboxylic acids is 3. The number of H-pyrrole nitrogens is 1. The number of nitrogens with one attached hydrogen (secondary N) is 4. The van der Waals surface area contributed by atoms with E-state index in [0.29, 0.717) is 27.8 Å². The topological polar surface area (TPSA) is 112 Å². The quantitative estimate of drug-likeness (QED) is 0.369. The van der Waals surface area contributed by atoms with Crippen LogP contribution in [-0.2, 0) is 9.53 Å². The molecule has 1 aromatic heterocycles. The molecule has 0 aliphatic carbocycles. The van der Waals surface area contributed by atoms with Crippen molar-refractivity contribution >= 4 is 40.9 Å². The number of ether oxygens (including phenoxy) is 1. The van der Waals surface area contributed by atoms with E-state index in [0.717, 1.165) is 5.56 Å². The van der Waals surface area contributed by atoms with E-state index in [1.807, 2.05) is 26.0 Å². The molecular formula is C24H25ClN4O4. The van der Waals surface area contributed by atoms with E-state index in [-0.39, 0.29) is 5.92 Å². The van der Waals surface area contributed by atoms with Crippen LogP contribution in [0.5, 0.6) is 0 Å². The molecule has 0 aliphatic rings. The van der Waals surface area contributed by atoms with Gasteiger partial charge in [-0.05, 0) is 53.9 Å². The molecule has 0 radical (unpaired) electrons. The van der Waals surface area contributed by atoms with Crippen molar-refractivity contribution in [3.05, 3.63) is 71.4 Å². The number of amides is 3. The first kappa shape index (κ1) is 23.9. The van der Waals surface area contributed by atoms with Crippen LogP contribution in [-0.4, -0.2) is 36.0 Å². The second-order valence-corrected chi connectivity index (χ2v) is 8.11. The Morgan fingerprint density at radius 2 is 1.64 bits per heavy atom. The van der Waals surface area contributed by atoms with Gasteiger partial charge >= 0.3 is 12.0 Å². The first-order valence-corrected chi connectivity index (χ1v) is 10.7. The van der Waals surface area contributed by atoms with Crippen molar-refractivity contribution in [2.24, 2.45) is 5.92 Å². The van der Waals surface area contributed by atoms with Gasteiger partial charge in [0.15, 0.2) is 0 Å². The normalized spacial score (nSPS) is 11.5. The Kier molecular flexibility index (Phi) is 7.74. The van der Waals surface area contributed by atoms with E-state index in [1.54, 1.807) is 48.5 Å². The average Bonchev–Trinajstić information content (AvgIpc) is 3.27. The standard InChI is InChI=1S/C24H25ClN4O4/c1-14(2)21(23(31)33-3)29-22(30)20-12-11-19(28-20)15-7-9-17(10-8-15)26-24(32)27-18-6-4-5-16(25)13-18/h4-14,21,28H,1-3H3,(H,29,30)(H2,26,27,32). The van der Waals surface area contributed by atoms with E-state index >= 15 is 0 Å². The Balaban J connectivity index is 1.62. The Labute approximate surface area is 196 Å². The predicted molar refractivity (Wildman–Crippen MR) is 128 cm³/mol. The predicted octanol–water partition coefficient (Wildman–Crippen LogP) is 4.91. The molecule has 33 heavy (non-hydrogen) atoms. The maximum atomic E-state index is 12.6. The summed E-state index contributed by atoms with van der Waals surface area (Å²) < 4.78 is 4.76. The number of carbonyl (C=O) groups is 3. The molecule has 0 saturated carbocycles. The summed E-state index contributed by atoms with van der Waals surface area (Å²) in [7, 11) is 1.29. The van der Waals surface area contributed by atoms with Crippen LogP contribution in [0.3, 0.4) is 0 Å². The third-order valence-electron chi connectivity index (χ3n) is 4.88. The number of urea groups is 1. The second-order valence-electron chi connectivity index (χ2n) is 7.67. The molecule has 3 rings (SSSR count). The molecule has 3 amide bonds. The van der Waals surface area contributed by atoms with Gasteiger partial charge in [0, 0.05) is 22.1 Å².